The lowest BCUT2D eigenvalue weighted by molar-refractivity contribution is -0.141. The molecule has 0 radical (unpaired) electrons. The van der Waals surface area contributed by atoms with Crippen molar-refractivity contribution in [2.24, 2.45) is 0 Å². The summed E-state index contributed by atoms with van der Waals surface area (Å²) in [7, 11) is 0. The Morgan fingerprint density at radius 3 is 2.67 bits per heavy atom. The molecular formula is C15H20N4O2. The van der Waals surface area contributed by atoms with Crippen LogP contribution in [0.3, 0.4) is 0 Å². The molecule has 0 spiro atoms. The number of amides is 2. The summed E-state index contributed by atoms with van der Waals surface area (Å²) in [6.45, 7) is 2.33. The van der Waals surface area contributed by atoms with Crippen molar-refractivity contribution in [3.63, 3.8) is 0 Å². The number of hydrogen-bond donors (Lipinski definition) is 1. The Kier molecular flexibility index (Phi) is 3.96. The summed E-state index contributed by atoms with van der Waals surface area (Å²) in [5.74, 6) is -0.119. The van der Waals surface area contributed by atoms with Crippen molar-refractivity contribution in [3.05, 3.63) is 23.8 Å². The zero-order chi connectivity index (χ0) is 14.8. The van der Waals surface area contributed by atoms with E-state index in [9.17, 15) is 9.59 Å². The Bertz CT molecular complexity index is 537. The fraction of sp³-hybridized carbons (Fsp3) is 0.600. The number of hydrogen-bond acceptors (Lipinski definition) is 5. The number of nitrogens with zero attached hydrogens (tertiary/aromatic N) is 3. The molecule has 2 amide bonds. The molecular weight excluding hydrogens is 268 g/mol. The first kappa shape index (κ1) is 14.1. The van der Waals surface area contributed by atoms with Gasteiger partial charge in [-0.15, -0.1) is 0 Å². The fourth-order valence-electron chi connectivity index (χ4n) is 3.09. The van der Waals surface area contributed by atoms with Crippen molar-refractivity contribution in [1.82, 2.24) is 20.2 Å². The van der Waals surface area contributed by atoms with E-state index in [-0.39, 0.29) is 24.3 Å². The Hall–Kier alpha value is -1.82. The molecule has 2 fully saturated rings. The van der Waals surface area contributed by atoms with Crippen LogP contribution in [0.25, 0.3) is 0 Å². The highest BCUT2D eigenvalue weighted by atomic mass is 16.2. The van der Waals surface area contributed by atoms with Crippen LogP contribution < -0.4 is 5.32 Å². The van der Waals surface area contributed by atoms with Crippen LogP contribution in [-0.2, 0) is 16.1 Å². The molecule has 3 rings (SSSR count). The van der Waals surface area contributed by atoms with Gasteiger partial charge in [-0.25, -0.2) is 0 Å². The summed E-state index contributed by atoms with van der Waals surface area (Å²) in [6, 6.07) is -0.294. The molecule has 0 bridgehead atoms. The molecule has 1 aromatic heterocycles. The number of imide groups is 1. The summed E-state index contributed by atoms with van der Waals surface area (Å²) in [5.41, 5.74) is 1.64. The number of carbonyl (C=O) groups is 2. The second kappa shape index (κ2) is 5.89. The van der Waals surface area contributed by atoms with Crippen molar-refractivity contribution in [2.45, 2.75) is 57.7 Å². The average Bonchev–Trinajstić information content (AvgIpc) is 3.07. The van der Waals surface area contributed by atoms with Crippen LogP contribution in [0, 0.1) is 6.92 Å². The Balaban J connectivity index is 1.60. The Morgan fingerprint density at radius 1 is 1.24 bits per heavy atom. The number of likely N-dealkylation sites (tertiary alicyclic amines) is 1. The van der Waals surface area contributed by atoms with E-state index < -0.39 is 6.04 Å². The monoisotopic (exact) mass is 288 g/mol. The molecule has 1 unspecified atom stereocenters. The van der Waals surface area contributed by atoms with E-state index in [1.165, 1.54) is 4.90 Å². The SMILES string of the molecule is Cc1cnc(CNC2CC(=O)N(C3CCCC3)C2=O)cn1. The van der Waals surface area contributed by atoms with E-state index >= 15 is 0 Å². The highest BCUT2D eigenvalue weighted by Crippen LogP contribution is 2.28. The van der Waals surface area contributed by atoms with Crippen molar-refractivity contribution in [3.8, 4) is 0 Å². The zero-order valence-electron chi connectivity index (χ0n) is 12.2. The van der Waals surface area contributed by atoms with Gasteiger partial charge < -0.3 is 0 Å². The minimum absolute atomic E-state index is 0.0422. The number of aromatic nitrogens is 2. The lowest BCUT2D eigenvalue weighted by atomic mass is 10.2. The first-order valence-electron chi connectivity index (χ1n) is 7.52. The summed E-state index contributed by atoms with van der Waals surface area (Å²) >= 11 is 0. The molecule has 6 nitrogen and oxygen atoms in total. The quantitative estimate of drug-likeness (QED) is 0.835. The molecule has 1 aliphatic carbocycles. The standard InChI is InChI=1S/C15H20N4O2/c1-10-7-17-11(8-16-10)9-18-13-6-14(20)19(15(13)21)12-4-2-3-5-12/h7-8,12-13,18H,2-6,9H2,1H3. The van der Waals surface area contributed by atoms with Crippen molar-refractivity contribution in [1.29, 1.82) is 0 Å². The molecule has 6 heteroatoms. The van der Waals surface area contributed by atoms with Gasteiger partial charge in [0.1, 0.15) is 0 Å². The van der Waals surface area contributed by atoms with Gasteiger partial charge >= 0.3 is 0 Å². The summed E-state index contributed by atoms with van der Waals surface area (Å²) < 4.78 is 0. The van der Waals surface area contributed by atoms with Crippen LogP contribution in [0.2, 0.25) is 0 Å². The van der Waals surface area contributed by atoms with Crippen LogP contribution in [0.1, 0.15) is 43.5 Å². The van der Waals surface area contributed by atoms with Gasteiger partial charge in [0, 0.05) is 25.0 Å². The molecule has 2 heterocycles. The lowest BCUT2D eigenvalue weighted by Gasteiger charge is -2.22. The third-order valence-electron chi connectivity index (χ3n) is 4.24. The Labute approximate surface area is 124 Å². The van der Waals surface area contributed by atoms with Crippen molar-refractivity contribution < 1.29 is 9.59 Å². The summed E-state index contributed by atoms with van der Waals surface area (Å²) in [5, 5.41) is 3.14. The average molecular weight is 288 g/mol. The van der Waals surface area contributed by atoms with E-state index in [2.05, 4.69) is 15.3 Å². The smallest absolute Gasteiger partial charge is 0.247 e. The van der Waals surface area contributed by atoms with E-state index in [0.29, 0.717) is 6.54 Å². The molecule has 0 aromatic carbocycles. The van der Waals surface area contributed by atoms with Crippen molar-refractivity contribution in [2.75, 3.05) is 0 Å². The summed E-state index contributed by atoms with van der Waals surface area (Å²) in [6.07, 6.45) is 7.77. The number of aryl methyl sites for hydroxylation is 1. The third kappa shape index (κ3) is 2.95. The largest absolute Gasteiger partial charge is 0.300 e. The van der Waals surface area contributed by atoms with Gasteiger partial charge in [-0.05, 0) is 19.8 Å². The van der Waals surface area contributed by atoms with E-state index in [1.807, 2.05) is 6.92 Å². The van der Waals surface area contributed by atoms with Gasteiger partial charge in [0.25, 0.3) is 0 Å². The van der Waals surface area contributed by atoms with Gasteiger partial charge in [-0.3, -0.25) is 29.8 Å². The highest BCUT2D eigenvalue weighted by Gasteiger charge is 2.42. The Morgan fingerprint density at radius 2 is 2.00 bits per heavy atom. The van der Waals surface area contributed by atoms with E-state index in [4.69, 9.17) is 0 Å². The number of nitrogens with one attached hydrogen (secondary N) is 1. The maximum absolute atomic E-state index is 12.4. The van der Waals surface area contributed by atoms with Crippen LogP contribution in [0.4, 0.5) is 0 Å². The predicted molar refractivity (Wildman–Crippen MR) is 76.1 cm³/mol. The maximum Gasteiger partial charge on any atom is 0.247 e. The molecule has 1 aromatic rings. The molecule has 1 saturated carbocycles. The van der Waals surface area contributed by atoms with Gasteiger partial charge in [-0.2, -0.15) is 0 Å². The fourth-order valence-corrected chi connectivity index (χ4v) is 3.09. The first-order valence-corrected chi connectivity index (χ1v) is 7.52. The molecule has 1 atom stereocenters. The second-order valence-electron chi connectivity index (χ2n) is 5.83. The van der Waals surface area contributed by atoms with Gasteiger partial charge in [0.2, 0.25) is 11.8 Å². The lowest BCUT2D eigenvalue weighted by Crippen LogP contribution is -2.42. The molecule has 1 saturated heterocycles. The molecule has 21 heavy (non-hydrogen) atoms. The minimum atomic E-state index is -0.416. The van der Waals surface area contributed by atoms with E-state index in [0.717, 1.165) is 37.1 Å². The minimum Gasteiger partial charge on any atom is -0.300 e. The predicted octanol–water partition coefficient (Wildman–Crippen LogP) is 0.945. The summed E-state index contributed by atoms with van der Waals surface area (Å²) in [4.78, 5) is 34.4. The van der Waals surface area contributed by atoms with Crippen LogP contribution in [0.5, 0.6) is 0 Å². The van der Waals surface area contributed by atoms with Crippen LogP contribution in [0.15, 0.2) is 12.4 Å². The molecule has 2 aliphatic rings. The molecule has 112 valence electrons. The van der Waals surface area contributed by atoms with Crippen molar-refractivity contribution >= 4 is 11.8 Å². The normalized spacial score (nSPS) is 23.3. The zero-order valence-corrected chi connectivity index (χ0v) is 12.2. The van der Waals surface area contributed by atoms with Gasteiger partial charge in [-0.1, -0.05) is 12.8 Å². The third-order valence-corrected chi connectivity index (χ3v) is 4.24. The van der Waals surface area contributed by atoms with Crippen LogP contribution in [-0.4, -0.2) is 38.8 Å². The highest BCUT2D eigenvalue weighted by molar-refractivity contribution is 6.05. The maximum atomic E-state index is 12.4. The van der Waals surface area contributed by atoms with Gasteiger partial charge in [0.15, 0.2) is 0 Å². The van der Waals surface area contributed by atoms with Gasteiger partial charge in [0.05, 0.1) is 23.9 Å². The second-order valence-corrected chi connectivity index (χ2v) is 5.83. The number of rotatable bonds is 4. The van der Waals surface area contributed by atoms with Crippen LogP contribution >= 0.6 is 0 Å². The molecule has 1 N–H and O–H groups in total. The van der Waals surface area contributed by atoms with E-state index in [1.54, 1.807) is 12.4 Å². The number of carbonyl (C=O) groups excluding carboxylic acids is 2. The molecule has 1 aliphatic heterocycles. The first-order chi connectivity index (χ1) is 10.1. The topological polar surface area (TPSA) is 75.2 Å².